The molecule has 0 spiro atoms. The van der Waals surface area contributed by atoms with Crippen molar-refractivity contribution in [2.75, 3.05) is 0 Å². The Morgan fingerprint density at radius 3 is 2.52 bits per heavy atom. The van der Waals surface area contributed by atoms with E-state index in [4.69, 9.17) is 10.5 Å². The molecule has 0 fully saturated rings. The zero-order chi connectivity index (χ0) is 19.2. The minimum Gasteiger partial charge on any atom is -0.485 e. The molecule has 0 unspecified atom stereocenters. The van der Waals surface area contributed by atoms with Crippen LogP contribution in [0.4, 0.5) is 0 Å². The number of aryl methyl sites for hydroxylation is 1. The standard InChI is InChI=1S/C21H20N4O2/c1-15-12-19(27-14-20-23-10-3-11-24-20)13-21(26)25(15)16(2)18-6-4-17(5-7-18)8-9-22/h3-7,10-13,16H,14,22H2,1-2H3/t16-/m1/s1. The molecule has 3 rings (SSSR count). The Morgan fingerprint density at radius 1 is 1.19 bits per heavy atom. The molecule has 0 aliphatic heterocycles. The second kappa shape index (κ2) is 8.19. The van der Waals surface area contributed by atoms with Crippen molar-refractivity contribution in [3.05, 3.63) is 87.9 Å². The number of ether oxygens (including phenoxy) is 1. The minimum absolute atomic E-state index is 0.121. The van der Waals surface area contributed by atoms with Crippen molar-refractivity contribution in [1.82, 2.24) is 14.5 Å². The first-order valence-corrected chi connectivity index (χ1v) is 8.52. The average molecular weight is 360 g/mol. The number of aromatic nitrogens is 3. The molecule has 3 aromatic rings. The Kier molecular flexibility index (Phi) is 5.53. The third-order valence-corrected chi connectivity index (χ3v) is 4.22. The summed E-state index contributed by atoms with van der Waals surface area (Å²) in [6, 6.07) is 15.0. The van der Waals surface area contributed by atoms with Crippen LogP contribution in [0.15, 0.2) is 59.7 Å². The fraction of sp³-hybridized carbons (Fsp3) is 0.190. The molecule has 136 valence electrons. The lowest BCUT2D eigenvalue weighted by molar-refractivity contribution is 0.294. The summed E-state index contributed by atoms with van der Waals surface area (Å²) in [4.78, 5) is 20.9. The van der Waals surface area contributed by atoms with Gasteiger partial charge in [0.25, 0.3) is 5.56 Å². The van der Waals surface area contributed by atoms with Gasteiger partial charge in [-0.25, -0.2) is 9.97 Å². The molecule has 2 heterocycles. The first-order chi connectivity index (χ1) is 13.1. The Hall–Kier alpha value is -3.59. The molecule has 1 aromatic carbocycles. The van der Waals surface area contributed by atoms with E-state index < -0.39 is 0 Å². The molecule has 0 bridgehead atoms. The van der Waals surface area contributed by atoms with Crippen molar-refractivity contribution in [3.63, 3.8) is 0 Å². The van der Waals surface area contributed by atoms with Gasteiger partial charge < -0.3 is 15.0 Å². The lowest BCUT2D eigenvalue weighted by Crippen LogP contribution is -2.25. The zero-order valence-electron chi connectivity index (χ0n) is 15.2. The Morgan fingerprint density at radius 2 is 1.89 bits per heavy atom. The van der Waals surface area contributed by atoms with E-state index in [0.717, 1.165) is 16.8 Å². The molecule has 0 radical (unpaired) electrons. The van der Waals surface area contributed by atoms with E-state index in [9.17, 15) is 4.79 Å². The van der Waals surface area contributed by atoms with Crippen LogP contribution in [0.25, 0.3) is 0 Å². The third-order valence-electron chi connectivity index (χ3n) is 4.22. The highest BCUT2D eigenvalue weighted by molar-refractivity contribution is 5.37. The lowest BCUT2D eigenvalue weighted by Gasteiger charge is -2.19. The second-order valence-corrected chi connectivity index (χ2v) is 6.06. The van der Waals surface area contributed by atoms with Gasteiger partial charge in [0, 0.05) is 35.8 Å². The molecule has 6 heteroatoms. The van der Waals surface area contributed by atoms with Gasteiger partial charge >= 0.3 is 0 Å². The third kappa shape index (κ3) is 4.33. The van der Waals surface area contributed by atoms with Crippen LogP contribution in [0.5, 0.6) is 5.75 Å². The van der Waals surface area contributed by atoms with Gasteiger partial charge in [0.15, 0.2) is 5.82 Å². The number of hydrogen-bond donors (Lipinski definition) is 1. The first kappa shape index (κ1) is 18.2. The molecule has 2 aromatic heterocycles. The summed E-state index contributed by atoms with van der Waals surface area (Å²) in [5, 5.41) is 0. The molecule has 0 aliphatic carbocycles. The van der Waals surface area contributed by atoms with Crippen molar-refractivity contribution in [1.29, 1.82) is 0 Å². The van der Waals surface area contributed by atoms with Crippen molar-refractivity contribution in [2.45, 2.75) is 26.5 Å². The fourth-order valence-corrected chi connectivity index (χ4v) is 2.89. The van der Waals surface area contributed by atoms with E-state index in [0.29, 0.717) is 11.6 Å². The predicted molar refractivity (Wildman–Crippen MR) is 103 cm³/mol. The highest BCUT2D eigenvalue weighted by Gasteiger charge is 2.13. The van der Waals surface area contributed by atoms with Crippen LogP contribution in [0.3, 0.4) is 0 Å². The van der Waals surface area contributed by atoms with E-state index in [1.54, 1.807) is 23.0 Å². The smallest absolute Gasteiger partial charge is 0.254 e. The highest BCUT2D eigenvalue weighted by Crippen LogP contribution is 2.20. The maximum atomic E-state index is 12.7. The van der Waals surface area contributed by atoms with Crippen molar-refractivity contribution >= 4 is 0 Å². The molecular formula is C21H20N4O2. The van der Waals surface area contributed by atoms with Gasteiger partial charge in [-0.2, -0.15) is 0 Å². The molecule has 0 amide bonds. The molecule has 1 atom stereocenters. The van der Waals surface area contributed by atoms with E-state index in [-0.39, 0.29) is 18.2 Å². The zero-order valence-corrected chi connectivity index (χ0v) is 15.2. The summed E-state index contributed by atoms with van der Waals surface area (Å²) < 4.78 is 7.40. The number of rotatable bonds is 5. The van der Waals surface area contributed by atoms with Crippen LogP contribution in [0.1, 0.15) is 35.6 Å². The van der Waals surface area contributed by atoms with Crippen LogP contribution in [0.2, 0.25) is 0 Å². The Labute approximate surface area is 157 Å². The SMILES string of the molecule is Cc1cc(OCc2ncccn2)cc(=O)n1[C@H](C)c1ccc(C#CN)cc1. The van der Waals surface area contributed by atoms with Crippen LogP contribution in [0, 0.1) is 18.9 Å². The second-order valence-electron chi connectivity index (χ2n) is 6.06. The maximum Gasteiger partial charge on any atom is 0.254 e. The fourth-order valence-electron chi connectivity index (χ4n) is 2.89. The van der Waals surface area contributed by atoms with Gasteiger partial charge in [0.1, 0.15) is 12.4 Å². The normalized spacial score (nSPS) is 11.3. The van der Waals surface area contributed by atoms with E-state index >= 15 is 0 Å². The average Bonchev–Trinajstić information content (AvgIpc) is 2.67. The predicted octanol–water partition coefficient (Wildman–Crippen LogP) is 2.40. The number of nitrogens with two attached hydrogens (primary N) is 1. The summed E-state index contributed by atoms with van der Waals surface area (Å²) in [6.07, 6.45) is 3.31. The van der Waals surface area contributed by atoms with Gasteiger partial charge in [-0.05, 0) is 49.6 Å². The van der Waals surface area contributed by atoms with Crippen molar-refractivity contribution in [2.24, 2.45) is 5.73 Å². The molecular weight excluding hydrogens is 340 g/mol. The summed E-state index contributed by atoms with van der Waals surface area (Å²) in [6.45, 7) is 4.08. The Bertz CT molecular complexity index is 1030. The topological polar surface area (TPSA) is 83.0 Å². The summed E-state index contributed by atoms with van der Waals surface area (Å²) in [5.74, 6) is 3.87. The largest absolute Gasteiger partial charge is 0.485 e. The number of pyridine rings is 1. The monoisotopic (exact) mass is 360 g/mol. The highest BCUT2D eigenvalue weighted by atomic mass is 16.5. The quantitative estimate of drug-likeness (QED) is 0.558. The van der Waals surface area contributed by atoms with Gasteiger partial charge in [-0.1, -0.05) is 12.1 Å². The van der Waals surface area contributed by atoms with E-state index in [1.165, 1.54) is 6.07 Å². The lowest BCUT2D eigenvalue weighted by atomic mass is 10.1. The number of benzene rings is 1. The molecule has 27 heavy (non-hydrogen) atoms. The number of nitrogens with zero attached hydrogens (tertiary/aromatic N) is 3. The molecule has 0 saturated heterocycles. The molecule has 6 nitrogen and oxygen atoms in total. The molecule has 0 aliphatic rings. The van der Waals surface area contributed by atoms with Gasteiger partial charge in [-0.15, -0.1) is 0 Å². The molecule has 0 saturated carbocycles. The maximum absolute atomic E-state index is 12.7. The van der Waals surface area contributed by atoms with Crippen LogP contribution >= 0.6 is 0 Å². The van der Waals surface area contributed by atoms with Gasteiger partial charge in [0.05, 0.1) is 6.04 Å². The van der Waals surface area contributed by atoms with Crippen LogP contribution < -0.4 is 16.0 Å². The summed E-state index contributed by atoms with van der Waals surface area (Å²) in [5.41, 5.74) is 7.77. The van der Waals surface area contributed by atoms with Crippen molar-refractivity contribution < 1.29 is 4.74 Å². The van der Waals surface area contributed by atoms with Gasteiger partial charge in [-0.3, -0.25) is 4.79 Å². The first-order valence-electron chi connectivity index (χ1n) is 8.52. The molecule has 2 N–H and O–H groups in total. The van der Waals surface area contributed by atoms with Crippen LogP contribution in [-0.2, 0) is 6.61 Å². The Balaban J connectivity index is 1.81. The summed E-state index contributed by atoms with van der Waals surface area (Å²) in [7, 11) is 0. The summed E-state index contributed by atoms with van der Waals surface area (Å²) >= 11 is 0. The number of hydrogen-bond acceptors (Lipinski definition) is 5. The van der Waals surface area contributed by atoms with E-state index in [1.807, 2.05) is 44.2 Å². The van der Waals surface area contributed by atoms with Gasteiger partial charge in [0.2, 0.25) is 0 Å². The van der Waals surface area contributed by atoms with Crippen molar-refractivity contribution in [3.8, 4) is 17.7 Å². The van der Waals surface area contributed by atoms with E-state index in [2.05, 4.69) is 21.9 Å². The van der Waals surface area contributed by atoms with Crippen LogP contribution in [-0.4, -0.2) is 14.5 Å². The minimum atomic E-state index is -0.127.